The van der Waals surface area contributed by atoms with E-state index in [1.54, 1.807) is 0 Å². The van der Waals surface area contributed by atoms with E-state index in [-0.39, 0.29) is 18.8 Å². The van der Waals surface area contributed by atoms with Crippen molar-refractivity contribution in [1.29, 1.82) is 0 Å². The van der Waals surface area contributed by atoms with Crippen LogP contribution >= 0.6 is 0 Å². The quantitative estimate of drug-likeness (QED) is 0.292. The van der Waals surface area contributed by atoms with Gasteiger partial charge in [0.1, 0.15) is 12.2 Å². The van der Waals surface area contributed by atoms with E-state index in [9.17, 15) is 9.59 Å². The van der Waals surface area contributed by atoms with Crippen LogP contribution in [-0.4, -0.2) is 18.4 Å². The summed E-state index contributed by atoms with van der Waals surface area (Å²) >= 11 is 0. The van der Waals surface area contributed by atoms with E-state index < -0.39 is 5.97 Å². The minimum atomic E-state index is -0.495. The minimum absolute atomic E-state index is 0.0955. The van der Waals surface area contributed by atoms with Gasteiger partial charge in [-0.05, 0) is 13.3 Å². The van der Waals surface area contributed by atoms with Gasteiger partial charge in [-0.25, -0.2) is 0 Å². The third kappa shape index (κ3) is 10.6. The molecule has 0 saturated carbocycles. The van der Waals surface area contributed by atoms with Gasteiger partial charge in [-0.15, -0.1) is 0 Å². The number of Topliss-reactive ketones (excluding diaryl/α,β-unsaturated/α-hetero) is 1. The molecule has 0 atom stereocenters. The van der Waals surface area contributed by atoms with Crippen LogP contribution in [0.15, 0.2) is 0 Å². The zero-order valence-electron chi connectivity index (χ0n) is 9.47. The lowest BCUT2D eigenvalue weighted by molar-refractivity contribution is -0.144. The number of esters is 1. The number of unbranched alkanes of at least 4 members (excludes halogenated alkanes) is 3. The van der Waals surface area contributed by atoms with Crippen molar-refractivity contribution in [3.8, 4) is 11.8 Å². The summed E-state index contributed by atoms with van der Waals surface area (Å²) in [6.07, 6.45) is 4.13. The Morgan fingerprint density at radius 3 is 2.53 bits per heavy atom. The zero-order chi connectivity index (χ0) is 11.5. The molecule has 0 aliphatic heterocycles. The number of ether oxygens (including phenoxy) is 1. The largest absolute Gasteiger partial charge is 0.452 e. The van der Waals surface area contributed by atoms with Gasteiger partial charge in [0.2, 0.25) is 0 Å². The van der Waals surface area contributed by atoms with Crippen molar-refractivity contribution in [2.24, 2.45) is 0 Å². The van der Waals surface area contributed by atoms with Gasteiger partial charge in [-0.1, -0.05) is 31.6 Å². The van der Waals surface area contributed by atoms with E-state index in [0.29, 0.717) is 0 Å². The van der Waals surface area contributed by atoms with Gasteiger partial charge in [-0.3, -0.25) is 9.59 Å². The topological polar surface area (TPSA) is 43.4 Å². The molecule has 0 aliphatic carbocycles. The van der Waals surface area contributed by atoms with Crippen LogP contribution in [0, 0.1) is 11.8 Å². The fourth-order valence-electron chi connectivity index (χ4n) is 0.974. The smallest absolute Gasteiger partial charge is 0.314 e. The molecule has 0 bridgehead atoms. The number of carbonyl (C=O) groups excluding carboxylic acids is 2. The molecular formula is C12H18O3. The molecule has 0 unspecified atom stereocenters. The van der Waals surface area contributed by atoms with Crippen LogP contribution in [0.2, 0.25) is 0 Å². The van der Waals surface area contributed by atoms with E-state index in [2.05, 4.69) is 18.8 Å². The summed E-state index contributed by atoms with van der Waals surface area (Å²) in [7, 11) is 0. The molecule has 0 aliphatic rings. The van der Waals surface area contributed by atoms with Crippen LogP contribution in [0.4, 0.5) is 0 Å². The first-order valence-electron chi connectivity index (χ1n) is 5.27. The first-order valence-corrected chi connectivity index (χ1v) is 5.27. The molecule has 0 aromatic heterocycles. The second-order valence-electron chi connectivity index (χ2n) is 3.35. The molecule has 3 nitrogen and oxygen atoms in total. The Labute approximate surface area is 91.2 Å². The van der Waals surface area contributed by atoms with Gasteiger partial charge in [0.25, 0.3) is 0 Å². The molecule has 15 heavy (non-hydrogen) atoms. The SMILES string of the molecule is CCCCCC#CCOC(=O)CC(C)=O. The average Bonchev–Trinajstić information content (AvgIpc) is 2.15. The third-order valence-corrected chi connectivity index (χ3v) is 1.73. The minimum Gasteiger partial charge on any atom is -0.452 e. The van der Waals surface area contributed by atoms with Crippen molar-refractivity contribution >= 4 is 11.8 Å². The molecule has 0 spiro atoms. The highest BCUT2D eigenvalue weighted by Crippen LogP contribution is 1.96. The summed E-state index contributed by atoms with van der Waals surface area (Å²) in [5.74, 6) is 4.98. The first kappa shape index (κ1) is 13.7. The zero-order valence-corrected chi connectivity index (χ0v) is 9.47. The summed E-state index contributed by atoms with van der Waals surface area (Å²) in [5, 5.41) is 0. The predicted octanol–water partition coefficient (Wildman–Crippen LogP) is 2.09. The normalized spacial score (nSPS) is 8.93. The fourth-order valence-corrected chi connectivity index (χ4v) is 0.974. The lowest BCUT2D eigenvalue weighted by atomic mass is 10.2. The molecule has 0 radical (unpaired) electrons. The number of carbonyl (C=O) groups is 2. The summed E-state index contributed by atoms with van der Waals surface area (Å²) in [6.45, 7) is 3.59. The van der Waals surface area contributed by atoms with Gasteiger partial charge in [0, 0.05) is 6.42 Å². The fraction of sp³-hybridized carbons (Fsp3) is 0.667. The van der Waals surface area contributed by atoms with Crippen LogP contribution in [0.1, 0.15) is 46.0 Å². The van der Waals surface area contributed by atoms with E-state index in [1.807, 2.05) is 0 Å². The molecule has 0 saturated heterocycles. The Kier molecular flexibility index (Phi) is 8.46. The van der Waals surface area contributed by atoms with Crippen LogP contribution in [-0.2, 0) is 14.3 Å². The Morgan fingerprint density at radius 2 is 1.93 bits per heavy atom. The Balaban J connectivity index is 3.43. The van der Waals surface area contributed by atoms with E-state index in [1.165, 1.54) is 19.8 Å². The highest BCUT2D eigenvalue weighted by atomic mass is 16.5. The molecule has 0 fully saturated rings. The average molecular weight is 210 g/mol. The van der Waals surface area contributed by atoms with Gasteiger partial charge in [0.15, 0.2) is 6.61 Å². The molecule has 3 heteroatoms. The van der Waals surface area contributed by atoms with E-state index >= 15 is 0 Å². The standard InChI is InChI=1S/C12H18O3/c1-3-4-5-6-7-8-9-15-12(14)10-11(2)13/h3-6,9-10H2,1-2H3. The molecule has 0 heterocycles. The van der Waals surface area contributed by atoms with Crippen LogP contribution in [0.25, 0.3) is 0 Å². The highest BCUT2D eigenvalue weighted by molar-refractivity contribution is 5.94. The second kappa shape index (κ2) is 9.26. The van der Waals surface area contributed by atoms with Crippen LogP contribution in [0.3, 0.4) is 0 Å². The summed E-state index contributed by atoms with van der Waals surface area (Å²) in [4.78, 5) is 21.4. The Hall–Kier alpha value is -1.30. The monoisotopic (exact) mass is 210 g/mol. The number of hydrogen-bond donors (Lipinski definition) is 0. The number of rotatable bonds is 6. The molecule has 84 valence electrons. The van der Waals surface area contributed by atoms with Gasteiger partial charge in [0.05, 0.1) is 0 Å². The third-order valence-electron chi connectivity index (χ3n) is 1.73. The number of ketones is 1. The molecule has 0 amide bonds. The lowest BCUT2D eigenvalue weighted by Crippen LogP contribution is -2.08. The van der Waals surface area contributed by atoms with Crippen LogP contribution in [0.5, 0.6) is 0 Å². The summed E-state index contributed by atoms with van der Waals surface area (Å²) in [6, 6.07) is 0. The van der Waals surface area contributed by atoms with Gasteiger partial charge >= 0.3 is 5.97 Å². The molecular weight excluding hydrogens is 192 g/mol. The lowest BCUT2D eigenvalue weighted by Gasteiger charge is -1.96. The van der Waals surface area contributed by atoms with Crippen molar-refractivity contribution < 1.29 is 14.3 Å². The molecule has 0 N–H and O–H groups in total. The second-order valence-corrected chi connectivity index (χ2v) is 3.35. The Bertz CT molecular complexity index is 258. The predicted molar refractivity (Wildman–Crippen MR) is 58.2 cm³/mol. The molecule has 0 aromatic carbocycles. The maximum Gasteiger partial charge on any atom is 0.314 e. The number of hydrogen-bond acceptors (Lipinski definition) is 3. The highest BCUT2D eigenvalue weighted by Gasteiger charge is 2.04. The maximum atomic E-state index is 10.9. The van der Waals surface area contributed by atoms with E-state index in [4.69, 9.17) is 4.74 Å². The van der Waals surface area contributed by atoms with Crippen molar-refractivity contribution in [3.05, 3.63) is 0 Å². The molecule has 0 aromatic rings. The van der Waals surface area contributed by atoms with Crippen molar-refractivity contribution in [1.82, 2.24) is 0 Å². The summed E-state index contributed by atoms with van der Waals surface area (Å²) < 4.78 is 4.73. The van der Waals surface area contributed by atoms with E-state index in [0.717, 1.165) is 12.8 Å². The van der Waals surface area contributed by atoms with Crippen LogP contribution < -0.4 is 0 Å². The van der Waals surface area contributed by atoms with Crippen molar-refractivity contribution in [2.45, 2.75) is 46.0 Å². The maximum absolute atomic E-state index is 10.9. The Morgan fingerprint density at radius 1 is 1.20 bits per heavy atom. The van der Waals surface area contributed by atoms with Crippen molar-refractivity contribution in [2.75, 3.05) is 6.61 Å². The van der Waals surface area contributed by atoms with Gasteiger partial charge in [-0.2, -0.15) is 0 Å². The van der Waals surface area contributed by atoms with Gasteiger partial charge < -0.3 is 4.74 Å². The molecule has 0 rings (SSSR count). The summed E-state index contributed by atoms with van der Waals surface area (Å²) in [5.41, 5.74) is 0. The first-order chi connectivity index (χ1) is 7.16. The van der Waals surface area contributed by atoms with Crippen molar-refractivity contribution in [3.63, 3.8) is 0 Å².